The standard InChI is InChI=1S/C13H14F5NO2/c1-3-4-19(6-8(20)21-2)5-7-9(14)11(16)13(18)12(17)10(7)15/h3-6H2,1-2H3. The van der Waals surface area contributed by atoms with Crippen LogP contribution >= 0.6 is 0 Å². The first-order chi connectivity index (χ1) is 9.83. The van der Waals surface area contributed by atoms with Crippen LogP contribution in [0.4, 0.5) is 22.0 Å². The summed E-state index contributed by atoms with van der Waals surface area (Å²) in [4.78, 5) is 12.4. The minimum absolute atomic E-state index is 0.231. The lowest BCUT2D eigenvalue weighted by molar-refractivity contribution is -0.142. The first-order valence-corrected chi connectivity index (χ1v) is 6.12. The Morgan fingerprint density at radius 1 is 1.00 bits per heavy atom. The number of benzene rings is 1. The Morgan fingerprint density at radius 3 is 1.90 bits per heavy atom. The molecule has 0 spiro atoms. The first-order valence-electron chi connectivity index (χ1n) is 6.12. The molecule has 8 heteroatoms. The predicted octanol–water partition coefficient (Wildman–Crippen LogP) is 2.77. The number of ether oxygens (including phenoxy) is 1. The van der Waals surface area contributed by atoms with Crippen molar-refractivity contribution in [3.8, 4) is 0 Å². The molecule has 0 radical (unpaired) electrons. The number of methoxy groups -OCH3 is 1. The van der Waals surface area contributed by atoms with Crippen molar-refractivity contribution in [3.63, 3.8) is 0 Å². The maximum absolute atomic E-state index is 13.6. The van der Waals surface area contributed by atoms with Crippen LogP contribution < -0.4 is 0 Å². The van der Waals surface area contributed by atoms with Gasteiger partial charge in [-0.2, -0.15) is 0 Å². The molecule has 0 atom stereocenters. The molecule has 118 valence electrons. The van der Waals surface area contributed by atoms with E-state index >= 15 is 0 Å². The van der Waals surface area contributed by atoms with Crippen molar-refractivity contribution in [1.82, 2.24) is 4.90 Å². The molecule has 1 aromatic rings. The Hall–Kier alpha value is -1.70. The molecule has 0 heterocycles. The molecule has 21 heavy (non-hydrogen) atoms. The molecule has 0 aromatic heterocycles. The molecule has 0 aliphatic heterocycles. The van der Waals surface area contributed by atoms with E-state index in [1.165, 1.54) is 4.90 Å². The summed E-state index contributed by atoms with van der Waals surface area (Å²) in [6.07, 6.45) is 0.520. The van der Waals surface area contributed by atoms with Crippen molar-refractivity contribution in [2.45, 2.75) is 19.9 Å². The Bertz CT molecular complexity index is 507. The molecular formula is C13H14F5NO2. The van der Waals surface area contributed by atoms with Gasteiger partial charge in [0.2, 0.25) is 5.82 Å². The topological polar surface area (TPSA) is 29.5 Å². The normalized spacial score (nSPS) is 11.0. The molecule has 1 aromatic carbocycles. The number of rotatable bonds is 6. The van der Waals surface area contributed by atoms with Crippen molar-refractivity contribution in [1.29, 1.82) is 0 Å². The highest BCUT2D eigenvalue weighted by molar-refractivity contribution is 5.71. The minimum Gasteiger partial charge on any atom is -0.468 e. The van der Waals surface area contributed by atoms with Gasteiger partial charge in [0, 0.05) is 12.1 Å². The molecule has 0 amide bonds. The van der Waals surface area contributed by atoms with Crippen LogP contribution in [0, 0.1) is 29.1 Å². The average Bonchev–Trinajstić information content (AvgIpc) is 2.47. The van der Waals surface area contributed by atoms with Gasteiger partial charge < -0.3 is 4.74 Å². The van der Waals surface area contributed by atoms with Crippen molar-refractivity contribution < 1.29 is 31.5 Å². The van der Waals surface area contributed by atoms with E-state index in [0.717, 1.165) is 7.11 Å². The number of nitrogens with zero attached hydrogens (tertiary/aromatic N) is 1. The Labute approximate surface area is 118 Å². The van der Waals surface area contributed by atoms with E-state index in [2.05, 4.69) is 4.74 Å². The molecule has 0 fully saturated rings. The number of hydrogen-bond acceptors (Lipinski definition) is 3. The zero-order chi connectivity index (χ0) is 16.2. The molecule has 0 bridgehead atoms. The fraction of sp³-hybridized carbons (Fsp3) is 0.462. The summed E-state index contributed by atoms with van der Waals surface area (Å²) in [5.74, 6) is -10.7. The highest BCUT2D eigenvalue weighted by atomic mass is 19.2. The van der Waals surface area contributed by atoms with Gasteiger partial charge in [0.1, 0.15) is 0 Å². The average molecular weight is 311 g/mol. The molecule has 3 nitrogen and oxygen atoms in total. The summed E-state index contributed by atoms with van der Waals surface area (Å²) in [7, 11) is 1.13. The number of carbonyl (C=O) groups excluding carboxylic acids is 1. The van der Waals surface area contributed by atoms with Crippen LogP contribution in [0.1, 0.15) is 18.9 Å². The number of esters is 1. The van der Waals surface area contributed by atoms with E-state index in [0.29, 0.717) is 6.42 Å². The van der Waals surface area contributed by atoms with Gasteiger partial charge in [-0.25, -0.2) is 22.0 Å². The largest absolute Gasteiger partial charge is 0.468 e. The van der Waals surface area contributed by atoms with Crippen LogP contribution in [0.5, 0.6) is 0 Å². The second kappa shape index (κ2) is 7.35. The molecular weight excluding hydrogens is 297 g/mol. The van der Waals surface area contributed by atoms with E-state index in [4.69, 9.17) is 0 Å². The smallest absolute Gasteiger partial charge is 0.319 e. The third kappa shape index (κ3) is 3.90. The third-order valence-corrected chi connectivity index (χ3v) is 2.80. The molecule has 1 rings (SSSR count). The summed E-state index contributed by atoms with van der Waals surface area (Å²) < 4.78 is 70.7. The maximum Gasteiger partial charge on any atom is 0.319 e. The highest BCUT2D eigenvalue weighted by Crippen LogP contribution is 2.24. The van der Waals surface area contributed by atoms with Gasteiger partial charge >= 0.3 is 5.97 Å². The van der Waals surface area contributed by atoms with Gasteiger partial charge in [0.05, 0.1) is 13.7 Å². The molecule has 0 saturated carbocycles. The molecule has 0 saturated heterocycles. The lowest BCUT2D eigenvalue weighted by atomic mass is 10.1. The second-order valence-corrected chi connectivity index (χ2v) is 4.34. The SMILES string of the molecule is CCCN(CC(=O)OC)Cc1c(F)c(F)c(F)c(F)c1F. The van der Waals surface area contributed by atoms with Gasteiger partial charge in [-0.05, 0) is 13.0 Å². The van der Waals surface area contributed by atoms with Crippen molar-refractivity contribution in [2.75, 3.05) is 20.2 Å². The van der Waals surface area contributed by atoms with Crippen molar-refractivity contribution >= 4 is 5.97 Å². The number of carbonyl (C=O) groups is 1. The third-order valence-electron chi connectivity index (χ3n) is 2.80. The maximum atomic E-state index is 13.6. The Kier molecular flexibility index (Phi) is 6.07. The van der Waals surface area contributed by atoms with Gasteiger partial charge in [-0.1, -0.05) is 6.92 Å². The summed E-state index contributed by atoms with van der Waals surface area (Å²) in [6.45, 7) is 1.07. The van der Waals surface area contributed by atoms with E-state index in [-0.39, 0.29) is 13.1 Å². The molecule has 0 aliphatic carbocycles. The highest BCUT2D eigenvalue weighted by Gasteiger charge is 2.27. The van der Waals surface area contributed by atoms with Gasteiger partial charge in [-0.3, -0.25) is 9.69 Å². The molecule has 0 N–H and O–H groups in total. The Morgan fingerprint density at radius 2 is 1.48 bits per heavy atom. The van der Waals surface area contributed by atoms with Crippen LogP contribution in [0.25, 0.3) is 0 Å². The van der Waals surface area contributed by atoms with E-state index in [1.807, 2.05) is 0 Å². The minimum atomic E-state index is -2.20. The lowest BCUT2D eigenvalue weighted by Crippen LogP contribution is -2.32. The van der Waals surface area contributed by atoms with Crippen molar-refractivity contribution in [2.24, 2.45) is 0 Å². The Balaban J connectivity index is 3.12. The fourth-order valence-electron chi connectivity index (χ4n) is 1.79. The van der Waals surface area contributed by atoms with E-state index in [9.17, 15) is 26.7 Å². The zero-order valence-corrected chi connectivity index (χ0v) is 11.5. The summed E-state index contributed by atoms with van der Waals surface area (Å²) in [5, 5.41) is 0. The molecule has 0 aliphatic rings. The van der Waals surface area contributed by atoms with Gasteiger partial charge in [0.25, 0.3) is 0 Å². The molecule has 0 unspecified atom stereocenters. The van der Waals surface area contributed by atoms with Gasteiger partial charge in [-0.15, -0.1) is 0 Å². The summed E-state index contributed by atoms with van der Waals surface area (Å²) in [5.41, 5.74) is -0.969. The lowest BCUT2D eigenvalue weighted by Gasteiger charge is -2.21. The number of halogens is 5. The number of hydrogen-bond donors (Lipinski definition) is 0. The summed E-state index contributed by atoms with van der Waals surface area (Å²) in [6, 6.07) is 0. The fourth-order valence-corrected chi connectivity index (χ4v) is 1.79. The first kappa shape index (κ1) is 17.4. The van der Waals surface area contributed by atoms with E-state index < -0.39 is 47.2 Å². The predicted molar refractivity (Wildman–Crippen MR) is 63.8 cm³/mol. The van der Waals surface area contributed by atoms with Crippen LogP contribution in [0.15, 0.2) is 0 Å². The van der Waals surface area contributed by atoms with Crippen LogP contribution in [0.2, 0.25) is 0 Å². The van der Waals surface area contributed by atoms with Gasteiger partial charge in [0.15, 0.2) is 23.3 Å². The summed E-state index contributed by atoms with van der Waals surface area (Å²) >= 11 is 0. The van der Waals surface area contributed by atoms with Crippen LogP contribution in [0.3, 0.4) is 0 Å². The van der Waals surface area contributed by atoms with Crippen LogP contribution in [-0.2, 0) is 16.1 Å². The van der Waals surface area contributed by atoms with Crippen molar-refractivity contribution in [3.05, 3.63) is 34.6 Å². The van der Waals surface area contributed by atoms with Crippen LogP contribution in [-0.4, -0.2) is 31.1 Å². The second-order valence-electron chi connectivity index (χ2n) is 4.34. The zero-order valence-electron chi connectivity index (χ0n) is 11.5. The monoisotopic (exact) mass is 311 g/mol. The van der Waals surface area contributed by atoms with E-state index in [1.54, 1.807) is 6.92 Å². The quantitative estimate of drug-likeness (QED) is 0.350.